The number of nitrogens with one attached hydrogen (secondary N) is 1. The molecule has 0 aromatic carbocycles. The van der Waals surface area contributed by atoms with Crippen LogP contribution in [0.3, 0.4) is 0 Å². The zero-order valence-corrected chi connectivity index (χ0v) is 12.9. The molecule has 2 fully saturated rings. The zero-order chi connectivity index (χ0) is 13.5. The first-order valence-corrected chi connectivity index (χ1v) is 8.89. The lowest BCUT2D eigenvalue weighted by atomic mass is 10.0. The van der Waals surface area contributed by atoms with Crippen molar-refractivity contribution in [3.63, 3.8) is 0 Å². The Morgan fingerprint density at radius 3 is 2.90 bits per heavy atom. The third kappa shape index (κ3) is 2.19. The highest BCUT2D eigenvalue weighted by Gasteiger charge is 2.53. The molecule has 0 aliphatic heterocycles. The normalized spacial score (nSPS) is 30.4. The summed E-state index contributed by atoms with van der Waals surface area (Å²) in [6.07, 6.45) is 11.3. The van der Waals surface area contributed by atoms with Crippen molar-refractivity contribution in [2.75, 3.05) is 6.54 Å². The first kappa shape index (κ1) is 12.8. The van der Waals surface area contributed by atoms with Crippen molar-refractivity contribution in [2.24, 2.45) is 17.8 Å². The third-order valence-electron chi connectivity index (χ3n) is 5.23. The maximum atomic E-state index is 4.76. The van der Waals surface area contributed by atoms with E-state index in [1.54, 1.807) is 11.3 Å². The number of aromatic nitrogens is 2. The Hall–Kier alpha value is -0.870. The fourth-order valence-electron chi connectivity index (χ4n) is 4.35. The van der Waals surface area contributed by atoms with Gasteiger partial charge in [-0.3, -0.25) is 4.40 Å². The molecule has 3 unspecified atom stereocenters. The van der Waals surface area contributed by atoms with Gasteiger partial charge < -0.3 is 5.32 Å². The fourth-order valence-corrected chi connectivity index (χ4v) is 5.07. The second-order valence-corrected chi connectivity index (χ2v) is 7.26. The average Bonchev–Trinajstić information content (AvgIpc) is 2.79. The van der Waals surface area contributed by atoms with Crippen LogP contribution >= 0.6 is 11.3 Å². The number of rotatable bonds is 5. The Kier molecular flexibility index (Phi) is 3.31. The van der Waals surface area contributed by atoms with Crippen LogP contribution in [0.1, 0.15) is 38.3 Å². The summed E-state index contributed by atoms with van der Waals surface area (Å²) < 4.78 is 2.16. The molecule has 0 radical (unpaired) electrons. The van der Waals surface area contributed by atoms with Gasteiger partial charge in [-0.2, -0.15) is 0 Å². The molecule has 3 nitrogen and oxygen atoms in total. The van der Waals surface area contributed by atoms with E-state index in [2.05, 4.69) is 34.4 Å². The van der Waals surface area contributed by atoms with Crippen LogP contribution in [0.25, 0.3) is 4.96 Å². The average molecular weight is 289 g/mol. The molecule has 0 saturated heterocycles. The van der Waals surface area contributed by atoms with E-state index in [-0.39, 0.29) is 0 Å². The van der Waals surface area contributed by atoms with E-state index in [1.165, 1.54) is 31.4 Å². The van der Waals surface area contributed by atoms with Crippen LogP contribution in [0.2, 0.25) is 0 Å². The van der Waals surface area contributed by atoms with Gasteiger partial charge in [-0.15, -0.1) is 11.3 Å². The quantitative estimate of drug-likeness (QED) is 0.914. The summed E-state index contributed by atoms with van der Waals surface area (Å²) in [5, 5.41) is 5.84. The van der Waals surface area contributed by atoms with Gasteiger partial charge in [0, 0.05) is 30.2 Å². The SMILES string of the molecule is CCNC(Cc1cn2ccsc2n1)C1C2CCCCC21. The molecule has 108 valence electrons. The Morgan fingerprint density at radius 1 is 1.40 bits per heavy atom. The fraction of sp³-hybridized carbons (Fsp3) is 0.688. The maximum Gasteiger partial charge on any atom is 0.193 e. The van der Waals surface area contributed by atoms with E-state index in [9.17, 15) is 0 Å². The molecule has 2 saturated carbocycles. The van der Waals surface area contributed by atoms with Crippen molar-refractivity contribution in [3.8, 4) is 0 Å². The van der Waals surface area contributed by atoms with Crippen LogP contribution in [0.4, 0.5) is 0 Å². The maximum absolute atomic E-state index is 4.76. The van der Waals surface area contributed by atoms with Gasteiger partial charge in [0.2, 0.25) is 0 Å². The minimum Gasteiger partial charge on any atom is -0.314 e. The first-order valence-electron chi connectivity index (χ1n) is 8.01. The lowest BCUT2D eigenvalue weighted by Crippen LogP contribution is -2.34. The van der Waals surface area contributed by atoms with Gasteiger partial charge in [-0.1, -0.05) is 19.8 Å². The van der Waals surface area contributed by atoms with E-state index in [0.717, 1.165) is 35.7 Å². The lowest BCUT2D eigenvalue weighted by molar-refractivity contribution is 0.435. The van der Waals surface area contributed by atoms with Gasteiger partial charge in [0.15, 0.2) is 4.96 Å². The predicted octanol–water partition coefficient (Wildman–Crippen LogP) is 3.35. The van der Waals surface area contributed by atoms with Crippen LogP contribution < -0.4 is 5.32 Å². The number of hydrogen-bond donors (Lipinski definition) is 1. The number of fused-ring (bicyclic) bond motifs is 2. The summed E-state index contributed by atoms with van der Waals surface area (Å²) in [6.45, 7) is 3.30. The van der Waals surface area contributed by atoms with Gasteiger partial charge in [-0.25, -0.2) is 4.98 Å². The standard InChI is InChI=1S/C16H23N3S/c1-2-17-14(15-12-5-3-4-6-13(12)15)9-11-10-19-7-8-20-16(19)18-11/h7-8,10,12-15,17H,2-6,9H2,1H3. The van der Waals surface area contributed by atoms with Crippen molar-refractivity contribution < 1.29 is 0 Å². The Morgan fingerprint density at radius 2 is 2.20 bits per heavy atom. The van der Waals surface area contributed by atoms with E-state index in [1.807, 2.05) is 0 Å². The van der Waals surface area contributed by atoms with Crippen molar-refractivity contribution in [1.29, 1.82) is 0 Å². The van der Waals surface area contributed by atoms with Gasteiger partial charge in [0.05, 0.1) is 5.69 Å². The molecule has 2 aliphatic rings. The topological polar surface area (TPSA) is 29.3 Å². The Balaban J connectivity index is 1.49. The predicted molar refractivity (Wildman–Crippen MR) is 83.2 cm³/mol. The lowest BCUT2D eigenvalue weighted by Gasteiger charge is -2.17. The zero-order valence-electron chi connectivity index (χ0n) is 12.1. The van der Waals surface area contributed by atoms with Gasteiger partial charge in [-0.05, 0) is 37.1 Å². The molecule has 20 heavy (non-hydrogen) atoms. The number of likely N-dealkylation sites (N-methyl/N-ethyl adjacent to an activating group) is 1. The number of imidazole rings is 1. The van der Waals surface area contributed by atoms with Crippen molar-refractivity contribution in [3.05, 3.63) is 23.5 Å². The largest absolute Gasteiger partial charge is 0.314 e. The monoisotopic (exact) mass is 289 g/mol. The molecule has 2 aliphatic carbocycles. The van der Waals surface area contributed by atoms with Gasteiger partial charge >= 0.3 is 0 Å². The highest BCUT2D eigenvalue weighted by atomic mass is 32.1. The molecular formula is C16H23N3S. The number of hydrogen-bond acceptors (Lipinski definition) is 3. The summed E-state index contributed by atoms with van der Waals surface area (Å²) >= 11 is 1.72. The molecule has 2 aromatic rings. The second kappa shape index (κ2) is 5.15. The molecule has 0 spiro atoms. The van der Waals surface area contributed by atoms with Crippen molar-refractivity contribution in [2.45, 2.75) is 45.1 Å². The third-order valence-corrected chi connectivity index (χ3v) is 6.00. The van der Waals surface area contributed by atoms with Crippen LogP contribution in [-0.4, -0.2) is 22.0 Å². The molecule has 4 rings (SSSR count). The molecule has 3 atom stereocenters. The molecular weight excluding hydrogens is 266 g/mol. The minimum atomic E-state index is 0.637. The second-order valence-electron chi connectivity index (χ2n) is 6.38. The van der Waals surface area contributed by atoms with Crippen molar-refractivity contribution >= 4 is 16.3 Å². The number of thiazole rings is 1. The van der Waals surface area contributed by atoms with Crippen LogP contribution in [0, 0.1) is 17.8 Å². The van der Waals surface area contributed by atoms with E-state index >= 15 is 0 Å². The summed E-state index contributed by atoms with van der Waals surface area (Å²) in [6, 6.07) is 0.637. The molecule has 1 N–H and O–H groups in total. The smallest absolute Gasteiger partial charge is 0.193 e. The van der Waals surface area contributed by atoms with E-state index < -0.39 is 0 Å². The Labute approximate surface area is 124 Å². The summed E-state index contributed by atoms with van der Waals surface area (Å²) in [7, 11) is 0. The molecule has 0 amide bonds. The summed E-state index contributed by atoms with van der Waals surface area (Å²) in [5.41, 5.74) is 1.26. The molecule has 2 heterocycles. The van der Waals surface area contributed by atoms with Crippen LogP contribution in [0.15, 0.2) is 17.8 Å². The van der Waals surface area contributed by atoms with Crippen LogP contribution in [0.5, 0.6) is 0 Å². The molecule has 4 heteroatoms. The number of nitrogens with zero attached hydrogens (tertiary/aromatic N) is 2. The van der Waals surface area contributed by atoms with E-state index in [0.29, 0.717) is 6.04 Å². The highest BCUT2D eigenvalue weighted by molar-refractivity contribution is 7.15. The highest BCUT2D eigenvalue weighted by Crippen LogP contribution is 2.57. The van der Waals surface area contributed by atoms with Crippen LogP contribution in [-0.2, 0) is 6.42 Å². The van der Waals surface area contributed by atoms with E-state index in [4.69, 9.17) is 4.98 Å². The Bertz CT molecular complexity index is 547. The van der Waals surface area contributed by atoms with Gasteiger partial charge in [0.1, 0.15) is 0 Å². The van der Waals surface area contributed by atoms with Crippen molar-refractivity contribution in [1.82, 2.24) is 14.7 Å². The molecule has 0 bridgehead atoms. The summed E-state index contributed by atoms with van der Waals surface area (Å²) in [5.74, 6) is 2.94. The summed E-state index contributed by atoms with van der Waals surface area (Å²) in [4.78, 5) is 5.89. The first-order chi connectivity index (χ1) is 9.86. The molecule has 2 aromatic heterocycles. The minimum absolute atomic E-state index is 0.637. The van der Waals surface area contributed by atoms with Gasteiger partial charge in [0.25, 0.3) is 0 Å².